The summed E-state index contributed by atoms with van der Waals surface area (Å²) in [6.07, 6.45) is 2.26. The highest BCUT2D eigenvalue weighted by molar-refractivity contribution is 7.93. The molecule has 2 atom stereocenters. The number of furan rings is 1. The van der Waals surface area contributed by atoms with Gasteiger partial charge in [0.1, 0.15) is 34.3 Å². The van der Waals surface area contributed by atoms with Crippen LogP contribution in [0.3, 0.4) is 0 Å². The van der Waals surface area contributed by atoms with Gasteiger partial charge in [-0.3, -0.25) is 9.29 Å². The summed E-state index contributed by atoms with van der Waals surface area (Å²) >= 11 is 0. The molecule has 0 aliphatic carbocycles. The van der Waals surface area contributed by atoms with E-state index in [1.807, 2.05) is 6.92 Å². The van der Waals surface area contributed by atoms with Crippen molar-refractivity contribution in [3.05, 3.63) is 59.9 Å². The van der Waals surface area contributed by atoms with E-state index in [0.717, 1.165) is 5.56 Å². The van der Waals surface area contributed by atoms with Gasteiger partial charge in [-0.1, -0.05) is 6.07 Å². The average Bonchev–Trinajstić information content (AvgIpc) is 3.50. The SMILES string of the molecule is COc1cccc(OC)c1-n1c(NS(=O)(=O)[C@@H](C)[C@H](OC)c2ncc(C)cn2)nnc1-c1ccc(C)o1. The molecule has 0 amide bonds. The van der Waals surface area contributed by atoms with Crippen LogP contribution < -0.4 is 14.2 Å². The summed E-state index contributed by atoms with van der Waals surface area (Å²) in [4.78, 5) is 8.48. The Kier molecular flexibility index (Phi) is 7.45. The minimum Gasteiger partial charge on any atom is -0.494 e. The molecule has 0 saturated heterocycles. The normalized spacial score (nSPS) is 13.2. The number of sulfonamides is 1. The van der Waals surface area contributed by atoms with Gasteiger partial charge < -0.3 is 18.6 Å². The Morgan fingerprint density at radius 3 is 2.16 bits per heavy atom. The molecule has 12 nitrogen and oxygen atoms in total. The molecule has 13 heteroatoms. The molecular weight excluding hydrogens is 500 g/mol. The summed E-state index contributed by atoms with van der Waals surface area (Å²) in [5.41, 5.74) is 1.23. The largest absolute Gasteiger partial charge is 0.494 e. The lowest BCUT2D eigenvalue weighted by atomic mass is 10.2. The number of para-hydroxylation sites is 1. The lowest BCUT2D eigenvalue weighted by Crippen LogP contribution is -2.33. The van der Waals surface area contributed by atoms with Crippen molar-refractivity contribution in [3.63, 3.8) is 0 Å². The van der Waals surface area contributed by atoms with Crippen molar-refractivity contribution in [1.82, 2.24) is 24.7 Å². The van der Waals surface area contributed by atoms with Crippen molar-refractivity contribution in [1.29, 1.82) is 0 Å². The number of hydrogen-bond acceptors (Lipinski definition) is 10. The van der Waals surface area contributed by atoms with Crippen LogP contribution in [0.2, 0.25) is 0 Å². The molecule has 196 valence electrons. The molecule has 0 aliphatic rings. The van der Waals surface area contributed by atoms with E-state index in [1.54, 1.807) is 49.6 Å². The fraction of sp³-hybridized carbons (Fsp3) is 0.333. The predicted octanol–water partition coefficient (Wildman–Crippen LogP) is 3.47. The van der Waals surface area contributed by atoms with E-state index < -0.39 is 21.4 Å². The molecule has 0 bridgehead atoms. The van der Waals surface area contributed by atoms with Gasteiger partial charge in [0.05, 0.1) is 14.2 Å². The Labute approximate surface area is 214 Å². The topological polar surface area (TPSA) is 143 Å². The lowest BCUT2D eigenvalue weighted by molar-refractivity contribution is 0.0949. The Hall–Kier alpha value is -3.97. The molecule has 0 spiro atoms. The molecule has 37 heavy (non-hydrogen) atoms. The molecule has 0 aliphatic heterocycles. The Balaban J connectivity index is 1.82. The Morgan fingerprint density at radius 1 is 0.973 bits per heavy atom. The second kappa shape index (κ2) is 10.6. The van der Waals surface area contributed by atoms with Gasteiger partial charge in [0.15, 0.2) is 11.6 Å². The highest BCUT2D eigenvalue weighted by atomic mass is 32.2. The molecule has 3 heterocycles. The summed E-state index contributed by atoms with van der Waals surface area (Å²) in [5, 5.41) is 7.28. The first-order chi connectivity index (χ1) is 17.7. The molecule has 1 aromatic carbocycles. The Bertz CT molecular complexity index is 1460. The minimum absolute atomic E-state index is 0.0987. The van der Waals surface area contributed by atoms with E-state index in [2.05, 4.69) is 24.9 Å². The van der Waals surface area contributed by atoms with Gasteiger partial charge in [-0.2, -0.15) is 0 Å². The van der Waals surface area contributed by atoms with Crippen LogP contribution in [-0.4, -0.2) is 59.7 Å². The van der Waals surface area contributed by atoms with E-state index in [9.17, 15) is 8.42 Å². The molecule has 0 saturated carbocycles. The van der Waals surface area contributed by atoms with Crippen molar-refractivity contribution in [2.45, 2.75) is 32.1 Å². The van der Waals surface area contributed by atoms with Crippen molar-refractivity contribution >= 4 is 16.0 Å². The van der Waals surface area contributed by atoms with Gasteiger partial charge in [0.25, 0.3) is 0 Å². The van der Waals surface area contributed by atoms with Crippen molar-refractivity contribution < 1.29 is 27.0 Å². The number of ether oxygens (including phenoxy) is 3. The average molecular weight is 529 g/mol. The summed E-state index contributed by atoms with van der Waals surface area (Å²) in [6.45, 7) is 5.13. The zero-order valence-corrected chi connectivity index (χ0v) is 22.1. The van der Waals surface area contributed by atoms with Crippen molar-refractivity contribution in [3.8, 4) is 28.8 Å². The number of anilines is 1. The smallest absolute Gasteiger partial charge is 0.243 e. The maximum absolute atomic E-state index is 13.6. The summed E-state index contributed by atoms with van der Waals surface area (Å²) in [5.74, 6) is 2.21. The van der Waals surface area contributed by atoms with E-state index in [0.29, 0.717) is 28.7 Å². The standard InChI is InChI=1S/C24H28N6O6S/c1-14-12-25-22(26-13-14)21(35-6)16(3)37(31,32)29-24-28-27-23(19-11-10-15(2)36-19)30(24)20-17(33-4)8-7-9-18(20)34-5/h7-13,16,21H,1-6H3,(H,28,29)/t16-,21-/m0/s1. The number of nitrogens with zero attached hydrogens (tertiary/aromatic N) is 5. The van der Waals surface area contributed by atoms with E-state index in [-0.39, 0.29) is 17.6 Å². The Morgan fingerprint density at radius 2 is 1.62 bits per heavy atom. The summed E-state index contributed by atoms with van der Waals surface area (Å²) in [6, 6.07) is 8.66. The van der Waals surface area contributed by atoms with Crippen LogP contribution in [0.15, 0.2) is 47.1 Å². The summed E-state index contributed by atoms with van der Waals surface area (Å²) < 4.78 is 53.6. The maximum atomic E-state index is 13.6. The zero-order valence-electron chi connectivity index (χ0n) is 21.3. The van der Waals surface area contributed by atoms with E-state index >= 15 is 0 Å². The molecule has 0 radical (unpaired) electrons. The first kappa shape index (κ1) is 26.1. The number of aryl methyl sites for hydroxylation is 2. The number of benzene rings is 1. The van der Waals surface area contributed by atoms with Crippen LogP contribution in [0.25, 0.3) is 17.3 Å². The molecule has 4 aromatic rings. The third-order valence-electron chi connectivity index (χ3n) is 5.71. The number of hydrogen-bond donors (Lipinski definition) is 1. The van der Waals surface area contributed by atoms with Crippen LogP contribution in [0.4, 0.5) is 5.95 Å². The van der Waals surface area contributed by atoms with Gasteiger partial charge in [0.2, 0.25) is 21.8 Å². The molecule has 0 unspecified atom stereocenters. The quantitative estimate of drug-likeness (QED) is 0.325. The van der Waals surface area contributed by atoms with Gasteiger partial charge >= 0.3 is 0 Å². The third kappa shape index (κ3) is 5.13. The molecule has 3 aromatic heterocycles. The van der Waals surface area contributed by atoms with E-state index in [4.69, 9.17) is 18.6 Å². The molecule has 0 fully saturated rings. The molecule has 1 N–H and O–H groups in total. The zero-order chi connectivity index (χ0) is 26.7. The second-order valence-corrected chi connectivity index (χ2v) is 10.3. The predicted molar refractivity (Wildman–Crippen MR) is 135 cm³/mol. The highest BCUT2D eigenvalue weighted by Gasteiger charge is 2.35. The van der Waals surface area contributed by atoms with Crippen LogP contribution in [0.5, 0.6) is 11.5 Å². The van der Waals surface area contributed by atoms with Crippen molar-refractivity contribution in [2.75, 3.05) is 26.1 Å². The van der Waals surface area contributed by atoms with Crippen LogP contribution in [0.1, 0.15) is 30.2 Å². The van der Waals surface area contributed by atoms with Gasteiger partial charge in [-0.05, 0) is 50.6 Å². The number of methoxy groups -OCH3 is 3. The minimum atomic E-state index is -4.11. The summed E-state index contributed by atoms with van der Waals surface area (Å²) in [7, 11) is 0.288. The number of nitrogens with one attached hydrogen (secondary N) is 1. The number of rotatable bonds is 10. The molecule has 4 rings (SSSR count). The monoisotopic (exact) mass is 528 g/mol. The van der Waals surface area contributed by atoms with Gasteiger partial charge in [0, 0.05) is 19.5 Å². The highest BCUT2D eigenvalue weighted by Crippen LogP contribution is 2.38. The fourth-order valence-corrected chi connectivity index (χ4v) is 4.90. The van der Waals surface area contributed by atoms with E-state index in [1.165, 1.54) is 32.8 Å². The maximum Gasteiger partial charge on any atom is 0.243 e. The lowest BCUT2D eigenvalue weighted by Gasteiger charge is -2.22. The second-order valence-electron chi connectivity index (χ2n) is 8.23. The molecular formula is C24H28N6O6S. The first-order valence-electron chi connectivity index (χ1n) is 11.3. The fourth-order valence-electron chi connectivity index (χ4n) is 3.77. The van der Waals surface area contributed by atoms with Gasteiger partial charge in [-0.25, -0.2) is 18.4 Å². The first-order valence-corrected chi connectivity index (χ1v) is 12.8. The third-order valence-corrected chi connectivity index (χ3v) is 7.40. The van der Waals surface area contributed by atoms with Crippen LogP contribution >= 0.6 is 0 Å². The van der Waals surface area contributed by atoms with Crippen LogP contribution in [0, 0.1) is 13.8 Å². The number of aromatic nitrogens is 5. The van der Waals surface area contributed by atoms with Crippen LogP contribution in [-0.2, 0) is 14.8 Å². The van der Waals surface area contributed by atoms with Crippen molar-refractivity contribution in [2.24, 2.45) is 0 Å². The van der Waals surface area contributed by atoms with Gasteiger partial charge in [-0.15, -0.1) is 10.2 Å².